The molecule has 18 heavy (non-hydrogen) atoms. The molecule has 0 saturated carbocycles. The van der Waals surface area contributed by atoms with Crippen molar-refractivity contribution in [2.24, 2.45) is 0 Å². The number of hydrogen-bond donors (Lipinski definition) is 1. The van der Waals surface area contributed by atoms with Crippen molar-refractivity contribution in [1.82, 2.24) is 9.97 Å². The minimum atomic E-state index is -0.592. The van der Waals surface area contributed by atoms with Crippen LogP contribution in [0.2, 0.25) is 0 Å². The maximum atomic E-state index is 12.7. The third-order valence-electron chi connectivity index (χ3n) is 1.98. The minimum Gasteiger partial charge on any atom is -0.368 e. The smallest absolute Gasteiger partial charge is 0.320 e. The Balaban J connectivity index is 2.35. The van der Waals surface area contributed by atoms with E-state index in [4.69, 9.17) is 5.73 Å². The maximum Gasteiger partial charge on any atom is 0.320 e. The molecule has 0 aliphatic heterocycles. The van der Waals surface area contributed by atoms with Crippen molar-refractivity contribution in [3.63, 3.8) is 0 Å². The average Bonchev–Trinajstić information content (AvgIpc) is 2.32. The third kappa shape index (κ3) is 2.72. The predicted molar refractivity (Wildman–Crippen MR) is 63.6 cm³/mol. The topological polar surface area (TPSA) is 94.9 Å². The zero-order chi connectivity index (χ0) is 13.1. The highest BCUT2D eigenvalue weighted by molar-refractivity contribution is 7.99. The maximum absolute atomic E-state index is 12.7. The zero-order valence-electron chi connectivity index (χ0n) is 8.91. The van der Waals surface area contributed by atoms with Crippen LogP contribution in [0.4, 0.5) is 16.0 Å². The molecule has 0 aliphatic carbocycles. The van der Waals surface area contributed by atoms with Crippen LogP contribution in [0, 0.1) is 15.9 Å². The van der Waals surface area contributed by atoms with Crippen molar-refractivity contribution in [1.29, 1.82) is 0 Å². The summed E-state index contributed by atoms with van der Waals surface area (Å²) in [5.41, 5.74) is 5.15. The van der Waals surface area contributed by atoms with E-state index < -0.39 is 4.92 Å². The van der Waals surface area contributed by atoms with Gasteiger partial charge < -0.3 is 5.73 Å². The minimum absolute atomic E-state index is 0.0507. The molecule has 0 aliphatic rings. The first-order valence-electron chi connectivity index (χ1n) is 4.76. The molecule has 0 fully saturated rings. The van der Waals surface area contributed by atoms with Gasteiger partial charge in [0, 0.05) is 4.90 Å². The second-order valence-electron chi connectivity index (χ2n) is 3.23. The lowest BCUT2D eigenvalue weighted by Crippen LogP contribution is -2.00. The van der Waals surface area contributed by atoms with Gasteiger partial charge in [-0.25, -0.2) is 9.37 Å². The molecule has 0 amide bonds. The number of rotatable bonds is 3. The van der Waals surface area contributed by atoms with Crippen LogP contribution in [0.5, 0.6) is 0 Å². The summed E-state index contributed by atoms with van der Waals surface area (Å²) < 4.78 is 12.7. The van der Waals surface area contributed by atoms with Gasteiger partial charge >= 0.3 is 5.69 Å². The molecule has 2 aromatic rings. The van der Waals surface area contributed by atoms with Crippen LogP contribution in [0.1, 0.15) is 0 Å². The van der Waals surface area contributed by atoms with Crippen molar-refractivity contribution < 1.29 is 9.31 Å². The van der Waals surface area contributed by atoms with Gasteiger partial charge in [-0.15, -0.1) is 0 Å². The number of aromatic nitrogens is 2. The first-order valence-corrected chi connectivity index (χ1v) is 5.58. The lowest BCUT2D eigenvalue weighted by atomic mass is 10.4. The van der Waals surface area contributed by atoms with Gasteiger partial charge in [0.25, 0.3) is 0 Å². The van der Waals surface area contributed by atoms with Gasteiger partial charge in [0.1, 0.15) is 12.0 Å². The Morgan fingerprint density at radius 2 is 2.00 bits per heavy atom. The molecule has 92 valence electrons. The molecule has 2 rings (SSSR count). The quantitative estimate of drug-likeness (QED) is 0.520. The average molecular weight is 266 g/mol. The summed E-state index contributed by atoms with van der Waals surface area (Å²) in [6.45, 7) is 0. The molecule has 2 N–H and O–H groups in total. The van der Waals surface area contributed by atoms with Crippen molar-refractivity contribution in [3.05, 3.63) is 46.4 Å². The molecular formula is C10H7FN4O2S. The number of nitrogens with zero attached hydrogens (tertiary/aromatic N) is 3. The van der Waals surface area contributed by atoms with Gasteiger partial charge in [-0.1, -0.05) is 11.8 Å². The normalized spacial score (nSPS) is 10.3. The predicted octanol–water partition coefficient (Wildman–Crippen LogP) is 2.26. The summed E-state index contributed by atoms with van der Waals surface area (Å²) in [5.74, 6) is -0.429. The highest BCUT2D eigenvalue weighted by atomic mass is 32.2. The highest BCUT2D eigenvalue weighted by Crippen LogP contribution is 2.32. The largest absolute Gasteiger partial charge is 0.368 e. The van der Waals surface area contributed by atoms with Crippen molar-refractivity contribution in [3.8, 4) is 0 Å². The fourth-order valence-corrected chi connectivity index (χ4v) is 2.05. The number of benzene rings is 1. The molecule has 1 heterocycles. The molecule has 1 aromatic heterocycles. The number of nitrogens with two attached hydrogens (primary N) is 1. The van der Waals surface area contributed by atoms with Gasteiger partial charge in [-0.2, -0.15) is 4.98 Å². The lowest BCUT2D eigenvalue weighted by Gasteiger charge is -2.02. The van der Waals surface area contributed by atoms with Crippen LogP contribution in [0.25, 0.3) is 0 Å². The molecule has 0 saturated heterocycles. The van der Waals surface area contributed by atoms with E-state index in [2.05, 4.69) is 9.97 Å². The molecular weight excluding hydrogens is 259 g/mol. The van der Waals surface area contributed by atoms with Gasteiger partial charge in [0.05, 0.1) is 4.92 Å². The number of anilines is 1. The second kappa shape index (κ2) is 4.96. The molecule has 8 heteroatoms. The van der Waals surface area contributed by atoms with E-state index in [1.165, 1.54) is 24.3 Å². The van der Waals surface area contributed by atoms with E-state index in [9.17, 15) is 14.5 Å². The van der Waals surface area contributed by atoms with Crippen LogP contribution in [0.15, 0.2) is 40.4 Å². The third-order valence-corrected chi connectivity index (χ3v) is 2.98. The molecule has 6 nitrogen and oxygen atoms in total. The van der Waals surface area contributed by atoms with Crippen molar-refractivity contribution >= 4 is 23.4 Å². The number of hydrogen-bond acceptors (Lipinski definition) is 6. The Labute approximate surface area is 105 Å². The number of halogens is 1. The fraction of sp³-hybridized carbons (Fsp3) is 0. The van der Waals surface area contributed by atoms with E-state index in [1.807, 2.05) is 0 Å². The highest BCUT2D eigenvalue weighted by Gasteiger charge is 2.17. The Hall–Kier alpha value is -2.22. The van der Waals surface area contributed by atoms with Crippen LogP contribution in [-0.2, 0) is 0 Å². The second-order valence-corrected chi connectivity index (χ2v) is 4.29. The van der Waals surface area contributed by atoms with E-state index >= 15 is 0 Å². The zero-order valence-corrected chi connectivity index (χ0v) is 9.72. The molecule has 0 unspecified atom stereocenters. The van der Waals surface area contributed by atoms with Crippen LogP contribution < -0.4 is 5.73 Å². The summed E-state index contributed by atoms with van der Waals surface area (Å²) in [4.78, 5) is 18.2. The van der Waals surface area contributed by atoms with Crippen molar-refractivity contribution in [2.75, 3.05) is 5.73 Å². The summed E-state index contributed by atoms with van der Waals surface area (Å²) in [7, 11) is 0. The SMILES string of the molecule is Nc1ncc([N+](=O)[O-])c(Sc2ccc(F)cc2)n1. The Kier molecular flexibility index (Phi) is 3.38. The first-order chi connectivity index (χ1) is 8.56. The van der Waals surface area contributed by atoms with E-state index in [1.54, 1.807) is 0 Å². The van der Waals surface area contributed by atoms with Crippen LogP contribution >= 0.6 is 11.8 Å². The van der Waals surface area contributed by atoms with Gasteiger partial charge in [-0.05, 0) is 24.3 Å². The molecule has 0 bridgehead atoms. The summed E-state index contributed by atoms with van der Waals surface area (Å²) in [6.07, 6.45) is 1.05. The molecule has 0 spiro atoms. The Bertz CT molecular complexity index is 591. The first kappa shape index (κ1) is 12.2. The standard InChI is InChI=1S/C10H7FN4O2S/c11-6-1-3-7(4-2-6)18-9-8(15(16)17)5-13-10(12)14-9/h1-5H,(H2,12,13,14). The molecule has 0 atom stereocenters. The summed E-state index contributed by atoms with van der Waals surface area (Å²) in [6, 6.07) is 5.53. The number of nitrogen functional groups attached to an aromatic ring is 1. The Morgan fingerprint density at radius 1 is 1.33 bits per heavy atom. The summed E-state index contributed by atoms with van der Waals surface area (Å²) >= 11 is 1.03. The number of nitro groups is 1. The molecule has 0 radical (unpaired) electrons. The van der Waals surface area contributed by atoms with E-state index in [-0.39, 0.29) is 22.5 Å². The van der Waals surface area contributed by atoms with Gasteiger partial charge in [0.2, 0.25) is 5.95 Å². The monoisotopic (exact) mass is 266 g/mol. The Morgan fingerprint density at radius 3 is 2.61 bits per heavy atom. The van der Waals surface area contributed by atoms with Gasteiger partial charge in [-0.3, -0.25) is 10.1 Å². The van der Waals surface area contributed by atoms with E-state index in [0.29, 0.717) is 4.90 Å². The molecule has 1 aromatic carbocycles. The van der Waals surface area contributed by atoms with Crippen molar-refractivity contribution in [2.45, 2.75) is 9.92 Å². The van der Waals surface area contributed by atoms with Crippen LogP contribution in [-0.4, -0.2) is 14.9 Å². The summed E-state index contributed by atoms with van der Waals surface area (Å²) in [5, 5.41) is 10.9. The van der Waals surface area contributed by atoms with Crippen LogP contribution in [0.3, 0.4) is 0 Å². The van der Waals surface area contributed by atoms with E-state index in [0.717, 1.165) is 18.0 Å². The van der Waals surface area contributed by atoms with Gasteiger partial charge in [0.15, 0.2) is 5.03 Å². The fourth-order valence-electron chi connectivity index (χ4n) is 1.19. The lowest BCUT2D eigenvalue weighted by molar-refractivity contribution is -0.388.